The van der Waals surface area contributed by atoms with Crippen LogP contribution in [0.1, 0.15) is 351 Å². The SMILES string of the molecule is CC(C)C(c1cccs1)C(F)(F)F.CC(C)Cc1ccc2c(c1C(C)(C)C)OCO2.CC(C)[C@@H](c1ccccc1)C1CC1.CC[C@H](c1ccc(C)s1)C(C)C.CC[C@H](c1ccccc1)C(C)C.CC[C@H](c1cccs1)C(C)C.Cc1ccc(C(C(C)C)C(C)C)s1.Cc1ccc(C(C(C)C)C(F)(F)F)s1.Cc1ccc([C@H](C(C)C)C(C)(C)C)s1. The van der Waals surface area contributed by atoms with E-state index in [0.29, 0.717) is 39.7 Å². The zero-order valence-electron chi connectivity index (χ0n) is 79.5. The summed E-state index contributed by atoms with van der Waals surface area (Å²) in [5.74, 6) is 9.81. The van der Waals surface area contributed by atoms with E-state index in [1.54, 1.807) is 82.4 Å². The fourth-order valence-corrected chi connectivity index (χ4v) is 24.2. The number of ether oxygens (including phenoxy) is 2. The first-order chi connectivity index (χ1) is 55.4. The molecule has 9 aromatic rings. The van der Waals surface area contributed by atoms with Gasteiger partial charge < -0.3 is 9.47 Å². The summed E-state index contributed by atoms with van der Waals surface area (Å²) in [6.45, 7) is 72.6. The first-order valence-corrected chi connectivity index (χ1v) is 49.4. The Balaban J connectivity index is 0.000000347. The highest BCUT2D eigenvalue weighted by Crippen LogP contribution is 2.49. The van der Waals surface area contributed by atoms with Gasteiger partial charge in [-0.15, -0.1) is 68.0 Å². The van der Waals surface area contributed by atoms with E-state index < -0.39 is 36.0 Å². The van der Waals surface area contributed by atoms with E-state index in [1.807, 2.05) is 58.3 Å². The first kappa shape index (κ1) is 108. The van der Waals surface area contributed by atoms with Crippen LogP contribution >= 0.6 is 68.0 Å². The van der Waals surface area contributed by atoms with Crippen molar-refractivity contribution >= 4 is 68.0 Å². The molecule has 7 atom stereocenters. The number of fused-ring (bicyclic) bond motifs is 1. The van der Waals surface area contributed by atoms with Crippen LogP contribution in [0.2, 0.25) is 0 Å². The Hall–Kier alpha value is -4.96. The van der Waals surface area contributed by atoms with Crippen LogP contribution < -0.4 is 9.47 Å². The first-order valence-electron chi connectivity index (χ1n) is 44.4. The van der Waals surface area contributed by atoms with E-state index in [-0.39, 0.29) is 5.41 Å². The summed E-state index contributed by atoms with van der Waals surface area (Å²) in [4.78, 5) is 12.3. The highest BCUT2D eigenvalue weighted by molar-refractivity contribution is 7.13. The molecule has 1 fully saturated rings. The molecule has 7 heterocycles. The molecule has 14 heteroatoms. The topological polar surface area (TPSA) is 18.5 Å². The number of rotatable bonds is 23. The molecule has 0 bridgehead atoms. The van der Waals surface area contributed by atoms with Crippen LogP contribution in [0.25, 0.3) is 0 Å². The third kappa shape index (κ3) is 37.4. The number of halogens is 6. The molecule has 6 aromatic heterocycles. The Kier molecular flexibility index (Phi) is 47.4. The molecule has 119 heavy (non-hydrogen) atoms. The van der Waals surface area contributed by atoms with Gasteiger partial charge in [-0.2, -0.15) is 26.3 Å². The molecule has 3 aromatic carbocycles. The summed E-state index contributed by atoms with van der Waals surface area (Å²) in [5.41, 5.74) is 6.17. The molecule has 1 aliphatic carbocycles. The van der Waals surface area contributed by atoms with Crippen LogP contribution in [0.5, 0.6) is 11.5 Å². The van der Waals surface area contributed by atoms with Crippen molar-refractivity contribution in [2.75, 3.05) is 6.79 Å². The predicted octanol–water partition coefficient (Wildman–Crippen LogP) is 37.4. The normalized spacial score (nSPS) is 14.6. The van der Waals surface area contributed by atoms with Crippen molar-refractivity contribution in [1.29, 1.82) is 0 Å². The summed E-state index contributed by atoms with van der Waals surface area (Å²) in [6.07, 6.45) is -0.527. The highest BCUT2D eigenvalue weighted by Gasteiger charge is 2.45. The van der Waals surface area contributed by atoms with Crippen LogP contribution in [0.3, 0.4) is 0 Å². The lowest BCUT2D eigenvalue weighted by Crippen LogP contribution is -2.24. The maximum Gasteiger partial charge on any atom is 0.396 e. The van der Waals surface area contributed by atoms with Crippen molar-refractivity contribution in [2.45, 2.75) is 332 Å². The van der Waals surface area contributed by atoms with Gasteiger partial charge in [-0.05, 0) is 266 Å². The summed E-state index contributed by atoms with van der Waals surface area (Å²) in [6, 6.07) is 50.5. The zero-order chi connectivity index (χ0) is 90.2. The molecule has 0 amide bonds. The molecule has 1 saturated carbocycles. The second-order valence-electron chi connectivity index (χ2n) is 38.3. The predicted molar refractivity (Wildman–Crippen MR) is 518 cm³/mol. The summed E-state index contributed by atoms with van der Waals surface area (Å²) in [7, 11) is 0. The Morgan fingerprint density at radius 1 is 0.361 bits per heavy atom. The lowest BCUT2D eigenvalue weighted by Gasteiger charge is -2.33. The maximum absolute atomic E-state index is 12.7. The van der Waals surface area contributed by atoms with Gasteiger partial charge in [-0.1, -0.05) is 280 Å². The van der Waals surface area contributed by atoms with E-state index >= 15 is 0 Å². The Labute approximate surface area is 746 Å². The summed E-state index contributed by atoms with van der Waals surface area (Å²) >= 11 is 10.1. The van der Waals surface area contributed by atoms with Gasteiger partial charge >= 0.3 is 12.4 Å². The van der Waals surface area contributed by atoms with Crippen molar-refractivity contribution in [2.24, 2.45) is 70.5 Å². The molecule has 0 saturated heterocycles. The molecule has 1 aliphatic heterocycles. The molecule has 11 rings (SSSR count). The zero-order valence-corrected chi connectivity index (χ0v) is 84.4. The molecule has 668 valence electrons. The van der Waals surface area contributed by atoms with Gasteiger partial charge in [0.15, 0.2) is 11.5 Å². The van der Waals surface area contributed by atoms with Crippen molar-refractivity contribution in [3.8, 4) is 11.5 Å². The van der Waals surface area contributed by atoms with Crippen LogP contribution in [-0.4, -0.2) is 19.1 Å². The van der Waals surface area contributed by atoms with Gasteiger partial charge in [0.05, 0.1) is 11.8 Å². The van der Waals surface area contributed by atoms with Crippen molar-refractivity contribution in [1.82, 2.24) is 0 Å². The molecule has 2 aliphatic rings. The molecule has 0 N–H and O–H groups in total. The third-order valence-corrected chi connectivity index (χ3v) is 28.5. The second-order valence-corrected chi connectivity index (χ2v) is 45.6. The summed E-state index contributed by atoms with van der Waals surface area (Å²) < 4.78 is 86.8. The average molecular weight is 1760 g/mol. The van der Waals surface area contributed by atoms with Gasteiger partial charge in [-0.25, -0.2) is 0 Å². The van der Waals surface area contributed by atoms with Crippen LogP contribution in [-0.2, 0) is 11.8 Å². The fraction of sp³-hybridized carbons (Fsp3) is 0.600. The number of hydrogen-bond donors (Lipinski definition) is 0. The smallest absolute Gasteiger partial charge is 0.396 e. The van der Waals surface area contributed by atoms with E-state index in [4.69, 9.17) is 9.47 Å². The standard InChI is InChI=1S/C15H22O2.C13H22S.C13H18.C12H20S.C12H18.C11H18S.C10H13F3S.C10H16S.C9H11F3S/c1-10(2)8-11-6-7-12-14(17-9-16-12)13(11)15(3,4)5;1-9(2)12(13(4,5)6)11-8-7-10(3)14-11;1-10(2)13(12-8-9-12)11-6-4-3-5-7-11;1-8(2)12(9(3)4)11-7-6-10(5)13-11;1-4-12(10(2)3)11-8-6-5-7-9-11;1-5-10(8(2)3)11-7-6-9(4)12-11;1-6(2)9(10(11,12)13)8-5-4-7(3)14-8;1-4-9(8(2)3)10-6-5-7-11-10;1-6(2)8(9(10,11)12)7-4-3-5-13-7/h6-7,10H,8-9H2,1-5H3;7-9,12H,1-6H3;3-7,10,12-13H,8-9H2,1-2H3;6-9,12H,1-5H3;5-10,12H,4H2,1-3H3;6-8,10H,5H2,1-4H3;4-6,9H,1-3H3;5-9H,4H2,1-3H3;3-6,8H,1-2H3/t;12-;13-;;12-;10-;;9-;/m.00.00.0./s1. The number of alkyl halides is 6. The average Bonchev–Trinajstić information content (AvgIpc) is 1.74. The number of aryl methyl sites for hydroxylation is 4. The van der Waals surface area contributed by atoms with Crippen LogP contribution in [0, 0.1) is 98.2 Å². The third-order valence-electron chi connectivity index (χ3n) is 22.2. The maximum atomic E-state index is 12.7. The Morgan fingerprint density at radius 2 is 0.739 bits per heavy atom. The highest BCUT2D eigenvalue weighted by atomic mass is 32.1. The van der Waals surface area contributed by atoms with Crippen LogP contribution in [0.15, 0.2) is 156 Å². The molecule has 0 spiro atoms. The molecule has 2 nitrogen and oxygen atoms in total. The van der Waals surface area contributed by atoms with Gasteiger partial charge in [0.1, 0.15) is 0 Å². The molecular weight excluding hydrogens is 1600 g/mol. The van der Waals surface area contributed by atoms with Crippen molar-refractivity contribution in [3.05, 3.63) is 227 Å². The number of hydrogen-bond acceptors (Lipinski definition) is 8. The van der Waals surface area contributed by atoms with Gasteiger partial charge in [0.25, 0.3) is 0 Å². The minimum Gasteiger partial charge on any atom is -0.454 e. The lowest BCUT2D eigenvalue weighted by atomic mass is 9.73. The van der Waals surface area contributed by atoms with E-state index in [2.05, 4.69) is 315 Å². The van der Waals surface area contributed by atoms with Crippen LogP contribution in [0.4, 0.5) is 26.3 Å². The van der Waals surface area contributed by atoms with E-state index in [9.17, 15) is 26.3 Å². The summed E-state index contributed by atoms with van der Waals surface area (Å²) in [5, 5.41) is 3.84. The minimum absolute atomic E-state index is 0.0866. The fourth-order valence-electron chi connectivity index (χ4n) is 17.0. The van der Waals surface area contributed by atoms with Gasteiger partial charge in [0.2, 0.25) is 6.79 Å². The van der Waals surface area contributed by atoms with Crippen molar-refractivity contribution in [3.63, 3.8) is 0 Å². The van der Waals surface area contributed by atoms with Gasteiger partial charge in [-0.3, -0.25) is 0 Å². The number of benzene rings is 3. The van der Waals surface area contributed by atoms with E-state index in [1.165, 1.54) is 86.1 Å². The monoisotopic (exact) mass is 1760 g/mol. The van der Waals surface area contributed by atoms with E-state index in [0.717, 1.165) is 93.8 Å². The lowest BCUT2D eigenvalue weighted by molar-refractivity contribution is -0.159. The molecule has 2 unspecified atom stereocenters. The molecule has 0 radical (unpaired) electrons. The number of thiophene rings is 6. The van der Waals surface area contributed by atoms with Crippen molar-refractivity contribution < 1.29 is 35.8 Å². The van der Waals surface area contributed by atoms with Gasteiger partial charge in [0, 0.05) is 60.3 Å². The second kappa shape index (κ2) is 52.1. The molecular formula is C105H158F6O2S6. The quantitative estimate of drug-likeness (QED) is 0.0594. The Bertz CT molecular complexity index is 4010. The largest absolute Gasteiger partial charge is 0.454 e. The minimum atomic E-state index is -4.13. The Morgan fingerprint density at radius 3 is 1.06 bits per heavy atom.